The van der Waals surface area contributed by atoms with Crippen LogP contribution in [-0.2, 0) is 6.61 Å². The van der Waals surface area contributed by atoms with Gasteiger partial charge in [-0.05, 0) is 54.7 Å². The molecular weight excluding hydrogens is 380 g/mol. The molecule has 0 fully saturated rings. The predicted molar refractivity (Wildman–Crippen MR) is 129 cm³/mol. The summed E-state index contributed by atoms with van der Waals surface area (Å²) in [7, 11) is 1.72. The summed E-state index contributed by atoms with van der Waals surface area (Å²) >= 11 is 0. The van der Waals surface area contributed by atoms with Crippen molar-refractivity contribution in [2.75, 3.05) is 7.11 Å². The standard InChI is InChI=1S/C29H28O2/c1-20-10-14-24(15-11-20)26-18-22(3)28(31-19-23-8-6-5-7-9-23)29(30-4)27(26)25-16-12-21(2)13-17-25/h5-18H,19H2,1-4H3. The molecule has 4 aromatic rings. The highest BCUT2D eigenvalue weighted by Gasteiger charge is 2.21. The normalized spacial score (nSPS) is 10.7. The Hall–Kier alpha value is -3.52. The van der Waals surface area contributed by atoms with Gasteiger partial charge < -0.3 is 9.47 Å². The average molecular weight is 409 g/mol. The quantitative estimate of drug-likeness (QED) is 0.328. The van der Waals surface area contributed by atoms with E-state index in [0.29, 0.717) is 6.61 Å². The number of rotatable bonds is 6. The van der Waals surface area contributed by atoms with Crippen molar-refractivity contribution in [1.29, 1.82) is 0 Å². The van der Waals surface area contributed by atoms with E-state index in [9.17, 15) is 0 Å². The van der Waals surface area contributed by atoms with Gasteiger partial charge in [0, 0.05) is 5.56 Å². The zero-order valence-corrected chi connectivity index (χ0v) is 18.6. The lowest BCUT2D eigenvalue weighted by atomic mass is 9.90. The fourth-order valence-corrected chi connectivity index (χ4v) is 3.84. The van der Waals surface area contributed by atoms with Gasteiger partial charge in [-0.1, -0.05) is 90.0 Å². The number of ether oxygens (including phenoxy) is 2. The van der Waals surface area contributed by atoms with Crippen molar-refractivity contribution in [3.8, 4) is 33.8 Å². The molecule has 0 radical (unpaired) electrons. The largest absolute Gasteiger partial charge is 0.492 e. The van der Waals surface area contributed by atoms with Gasteiger partial charge in [-0.15, -0.1) is 0 Å². The number of aryl methyl sites for hydroxylation is 3. The fourth-order valence-electron chi connectivity index (χ4n) is 3.84. The third-order valence-corrected chi connectivity index (χ3v) is 5.55. The molecule has 0 unspecified atom stereocenters. The minimum atomic E-state index is 0.495. The molecule has 0 N–H and O–H groups in total. The van der Waals surface area contributed by atoms with Crippen LogP contribution in [0.5, 0.6) is 11.5 Å². The Morgan fingerprint density at radius 1 is 0.645 bits per heavy atom. The zero-order valence-electron chi connectivity index (χ0n) is 18.6. The maximum Gasteiger partial charge on any atom is 0.169 e. The first-order valence-electron chi connectivity index (χ1n) is 10.6. The second-order valence-corrected chi connectivity index (χ2v) is 7.98. The van der Waals surface area contributed by atoms with Crippen molar-refractivity contribution in [2.45, 2.75) is 27.4 Å². The van der Waals surface area contributed by atoms with Gasteiger partial charge in [-0.25, -0.2) is 0 Å². The maximum atomic E-state index is 6.32. The number of hydrogen-bond donors (Lipinski definition) is 0. The van der Waals surface area contributed by atoms with Gasteiger partial charge in [0.2, 0.25) is 0 Å². The molecule has 0 saturated carbocycles. The lowest BCUT2D eigenvalue weighted by Gasteiger charge is -2.21. The highest BCUT2D eigenvalue weighted by molar-refractivity contribution is 5.90. The molecule has 156 valence electrons. The summed E-state index contributed by atoms with van der Waals surface area (Å²) in [6, 6.07) is 29.7. The first kappa shape index (κ1) is 20.7. The molecule has 0 aliphatic rings. The van der Waals surface area contributed by atoms with E-state index in [-0.39, 0.29) is 0 Å². The number of hydrogen-bond acceptors (Lipinski definition) is 2. The molecule has 0 amide bonds. The SMILES string of the molecule is COc1c(OCc2ccccc2)c(C)cc(-c2ccc(C)cc2)c1-c1ccc(C)cc1. The molecule has 0 aromatic heterocycles. The molecule has 4 rings (SSSR count). The predicted octanol–water partition coefficient (Wildman–Crippen LogP) is 7.53. The van der Waals surface area contributed by atoms with E-state index in [1.807, 2.05) is 18.2 Å². The van der Waals surface area contributed by atoms with Crippen LogP contribution in [0.3, 0.4) is 0 Å². The monoisotopic (exact) mass is 408 g/mol. The summed E-state index contributed by atoms with van der Waals surface area (Å²) in [5.74, 6) is 1.56. The molecule has 2 nitrogen and oxygen atoms in total. The van der Waals surface area contributed by atoms with E-state index < -0.39 is 0 Å². The molecule has 4 aromatic carbocycles. The number of benzene rings is 4. The van der Waals surface area contributed by atoms with Gasteiger partial charge in [0.1, 0.15) is 6.61 Å². The molecule has 0 spiro atoms. The van der Waals surface area contributed by atoms with Gasteiger partial charge in [0.15, 0.2) is 11.5 Å². The fraction of sp³-hybridized carbons (Fsp3) is 0.172. The lowest BCUT2D eigenvalue weighted by molar-refractivity contribution is 0.283. The summed E-state index contributed by atoms with van der Waals surface area (Å²) in [5.41, 5.74) is 9.13. The minimum Gasteiger partial charge on any atom is -0.492 e. The molecule has 0 atom stereocenters. The van der Waals surface area contributed by atoms with Crippen molar-refractivity contribution >= 4 is 0 Å². The van der Waals surface area contributed by atoms with E-state index in [4.69, 9.17) is 9.47 Å². The van der Waals surface area contributed by atoms with Gasteiger partial charge in [-0.3, -0.25) is 0 Å². The van der Waals surface area contributed by atoms with Crippen LogP contribution in [0.15, 0.2) is 84.9 Å². The Morgan fingerprint density at radius 3 is 1.81 bits per heavy atom. The smallest absolute Gasteiger partial charge is 0.169 e. The average Bonchev–Trinajstić information content (AvgIpc) is 2.79. The zero-order chi connectivity index (χ0) is 21.8. The van der Waals surface area contributed by atoms with Crippen molar-refractivity contribution < 1.29 is 9.47 Å². The molecule has 0 aliphatic heterocycles. The van der Waals surface area contributed by atoms with E-state index >= 15 is 0 Å². The topological polar surface area (TPSA) is 18.5 Å². The van der Waals surface area contributed by atoms with E-state index in [1.165, 1.54) is 11.1 Å². The molecule has 0 heterocycles. The van der Waals surface area contributed by atoms with Crippen molar-refractivity contribution in [3.05, 3.63) is 107 Å². The Morgan fingerprint density at radius 2 is 1.23 bits per heavy atom. The second kappa shape index (κ2) is 9.09. The summed E-state index contributed by atoms with van der Waals surface area (Å²) in [6.07, 6.45) is 0. The van der Waals surface area contributed by atoms with Crippen LogP contribution in [0, 0.1) is 20.8 Å². The van der Waals surface area contributed by atoms with E-state index in [0.717, 1.165) is 44.9 Å². The highest BCUT2D eigenvalue weighted by Crippen LogP contribution is 2.47. The van der Waals surface area contributed by atoms with Crippen LogP contribution in [0.25, 0.3) is 22.3 Å². The summed E-state index contributed by atoms with van der Waals surface area (Å²) in [4.78, 5) is 0. The Bertz CT molecular complexity index is 1160. The summed E-state index contributed by atoms with van der Waals surface area (Å²) < 4.78 is 12.3. The highest BCUT2D eigenvalue weighted by atomic mass is 16.5. The van der Waals surface area contributed by atoms with Crippen LogP contribution in [0.2, 0.25) is 0 Å². The third-order valence-electron chi connectivity index (χ3n) is 5.55. The van der Waals surface area contributed by atoms with Gasteiger partial charge in [0.05, 0.1) is 7.11 Å². The van der Waals surface area contributed by atoms with Crippen LogP contribution in [0.4, 0.5) is 0 Å². The summed E-state index contributed by atoms with van der Waals surface area (Å²) in [5, 5.41) is 0. The van der Waals surface area contributed by atoms with Gasteiger partial charge >= 0.3 is 0 Å². The maximum absolute atomic E-state index is 6.32. The van der Waals surface area contributed by atoms with Crippen molar-refractivity contribution in [3.63, 3.8) is 0 Å². The summed E-state index contributed by atoms with van der Waals surface area (Å²) in [6.45, 7) is 6.79. The molecule has 0 bridgehead atoms. The molecule has 0 aliphatic carbocycles. The first-order valence-corrected chi connectivity index (χ1v) is 10.6. The number of methoxy groups -OCH3 is 1. The minimum absolute atomic E-state index is 0.495. The van der Waals surface area contributed by atoms with Crippen LogP contribution >= 0.6 is 0 Å². The third kappa shape index (κ3) is 4.49. The Kier molecular flexibility index (Phi) is 6.08. The van der Waals surface area contributed by atoms with Crippen LogP contribution in [-0.4, -0.2) is 7.11 Å². The Balaban J connectivity index is 1.88. The van der Waals surface area contributed by atoms with Crippen molar-refractivity contribution in [2.24, 2.45) is 0 Å². The second-order valence-electron chi connectivity index (χ2n) is 7.98. The van der Waals surface area contributed by atoms with E-state index in [2.05, 4.69) is 87.5 Å². The van der Waals surface area contributed by atoms with Crippen LogP contribution < -0.4 is 9.47 Å². The molecule has 31 heavy (non-hydrogen) atoms. The first-order chi connectivity index (χ1) is 15.1. The van der Waals surface area contributed by atoms with Crippen LogP contribution in [0.1, 0.15) is 22.3 Å². The van der Waals surface area contributed by atoms with Gasteiger partial charge in [0.25, 0.3) is 0 Å². The van der Waals surface area contributed by atoms with E-state index in [1.54, 1.807) is 7.11 Å². The lowest BCUT2D eigenvalue weighted by Crippen LogP contribution is -2.02. The molecular formula is C29H28O2. The van der Waals surface area contributed by atoms with Gasteiger partial charge in [-0.2, -0.15) is 0 Å². The Labute approximate surface area is 185 Å². The molecule has 2 heteroatoms. The molecule has 0 saturated heterocycles. The van der Waals surface area contributed by atoms with Crippen molar-refractivity contribution in [1.82, 2.24) is 0 Å².